The molecule has 17 heavy (non-hydrogen) atoms. The van der Waals surface area contributed by atoms with E-state index in [0.29, 0.717) is 11.6 Å². The molecule has 2 rings (SSSR count). The number of hydrogen-bond acceptors (Lipinski definition) is 2. The molecule has 0 amide bonds. The Morgan fingerprint density at radius 2 is 2.00 bits per heavy atom. The zero-order valence-corrected chi connectivity index (χ0v) is 10.5. The Balaban J connectivity index is 1.85. The van der Waals surface area contributed by atoms with Crippen molar-refractivity contribution < 1.29 is 9.84 Å². The molecule has 0 saturated heterocycles. The minimum Gasteiger partial charge on any atom is -0.491 e. The average molecular weight is 253 g/mol. The van der Waals surface area contributed by atoms with E-state index in [1.165, 1.54) is 12.8 Å². The van der Waals surface area contributed by atoms with Gasteiger partial charge in [-0.15, -0.1) is 0 Å². The van der Waals surface area contributed by atoms with Crippen LogP contribution in [-0.2, 0) is 0 Å². The number of aliphatic hydroxyl groups excluding tert-OH is 1. The van der Waals surface area contributed by atoms with Crippen LogP contribution in [0, 0.1) is 0 Å². The lowest BCUT2D eigenvalue weighted by Crippen LogP contribution is -2.21. The van der Waals surface area contributed by atoms with Crippen molar-refractivity contribution in [3.05, 3.63) is 40.9 Å². The quantitative estimate of drug-likeness (QED) is 0.830. The molecular weight excluding hydrogens is 236 g/mol. The zero-order chi connectivity index (χ0) is 12.1. The lowest BCUT2D eigenvalue weighted by atomic mass is 9.96. The third-order valence-electron chi connectivity index (χ3n) is 2.98. The second kappa shape index (κ2) is 6.08. The van der Waals surface area contributed by atoms with Gasteiger partial charge < -0.3 is 9.84 Å². The molecule has 3 heteroatoms. The van der Waals surface area contributed by atoms with Gasteiger partial charge in [0, 0.05) is 5.02 Å². The Morgan fingerprint density at radius 1 is 1.24 bits per heavy atom. The lowest BCUT2D eigenvalue weighted by molar-refractivity contribution is 0.131. The normalized spacial score (nSPS) is 17.4. The average Bonchev–Trinajstić information content (AvgIpc) is 2.39. The summed E-state index contributed by atoms with van der Waals surface area (Å²) >= 11 is 5.78. The monoisotopic (exact) mass is 252 g/mol. The molecule has 1 aromatic carbocycles. The van der Waals surface area contributed by atoms with Gasteiger partial charge in [-0.2, -0.15) is 0 Å². The number of hydrogen-bond donors (Lipinski definition) is 1. The summed E-state index contributed by atoms with van der Waals surface area (Å²) in [7, 11) is 0. The van der Waals surface area contributed by atoms with Gasteiger partial charge in [0.2, 0.25) is 0 Å². The van der Waals surface area contributed by atoms with Gasteiger partial charge in [0.05, 0.1) is 0 Å². The van der Waals surface area contributed by atoms with Crippen LogP contribution in [-0.4, -0.2) is 17.8 Å². The van der Waals surface area contributed by atoms with Gasteiger partial charge in [-0.25, -0.2) is 0 Å². The first-order chi connectivity index (χ1) is 8.25. The third kappa shape index (κ3) is 3.76. The van der Waals surface area contributed by atoms with Crippen LogP contribution in [0.5, 0.6) is 5.75 Å². The highest BCUT2D eigenvalue weighted by Gasteiger charge is 2.13. The first-order valence-electron chi connectivity index (χ1n) is 6.01. The van der Waals surface area contributed by atoms with Gasteiger partial charge in [-0.05, 0) is 55.5 Å². The molecule has 0 bridgehead atoms. The molecule has 1 aliphatic carbocycles. The van der Waals surface area contributed by atoms with E-state index in [9.17, 15) is 5.11 Å². The van der Waals surface area contributed by atoms with Crippen molar-refractivity contribution in [3.8, 4) is 5.75 Å². The van der Waals surface area contributed by atoms with Crippen molar-refractivity contribution >= 4 is 11.6 Å². The fourth-order valence-corrected chi connectivity index (χ4v) is 2.10. The molecule has 0 saturated carbocycles. The second-order valence-corrected chi connectivity index (χ2v) is 4.74. The Labute approximate surface area is 107 Å². The van der Waals surface area contributed by atoms with Crippen LogP contribution in [0.1, 0.15) is 25.7 Å². The van der Waals surface area contributed by atoms with Crippen LogP contribution in [0.3, 0.4) is 0 Å². The number of allylic oxidation sites excluding steroid dienone is 1. The first kappa shape index (κ1) is 12.5. The largest absolute Gasteiger partial charge is 0.491 e. The van der Waals surface area contributed by atoms with E-state index in [-0.39, 0.29) is 0 Å². The molecule has 0 aromatic heterocycles. The Kier molecular flexibility index (Phi) is 4.46. The summed E-state index contributed by atoms with van der Waals surface area (Å²) in [5, 5.41) is 10.7. The molecule has 0 fully saturated rings. The summed E-state index contributed by atoms with van der Waals surface area (Å²) < 4.78 is 5.53. The number of ether oxygens (including phenoxy) is 1. The van der Waals surface area contributed by atoms with Gasteiger partial charge in [0.15, 0.2) is 0 Å². The van der Waals surface area contributed by atoms with Crippen LogP contribution in [0.15, 0.2) is 35.9 Å². The first-order valence-corrected chi connectivity index (χ1v) is 6.39. The fraction of sp³-hybridized carbons (Fsp3) is 0.429. The summed E-state index contributed by atoms with van der Waals surface area (Å²) in [6, 6.07) is 7.18. The van der Waals surface area contributed by atoms with Crippen molar-refractivity contribution in [2.24, 2.45) is 0 Å². The summed E-state index contributed by atoms with van der Waals surface area (Å²) in [4.78, 5) is 0. The Morgan fingerprint density at radius 3 is 2.65 bits per heavy atom. The van der Waals surface area contributed by atoms with E-state index in [2.05, 4.69) is 6.08 Å². The molecule has 1 unspecified atom stereocenters. The summed E-state index contributed by atoms with van der Waals surface area (Å²) in [5.74, 6) is 0.741. The smallest absolute Gasteiger partial charge is 0.119 e. The maximum atomic E-state index is 9.97. The van der Waals surface area contributed by atoms with Crippen molar-refractivity contribution in [1.82, 2.24) is 0 Å². The van der Waals surface area contributed by atoms with Gasteiger partial charge >= 0.3 is 0 Å². The van der Waals surface area contributed by atoms with E-state index in [1.807, 2.05) is 12.1 Å². The van der Waals surface area contributed by atoms with Gasteiger partial charge in [0.1, 0.15) is 18.5 Å². The van der Waals surface area contributed by atoms with E-state index in [4.69, 9.17) is 16.3 Å². The topological polar surface area (TPSA) is 29.5 Å². The van der Waals surface area contributed by atoms with E-state index < -0.39 is 6.10 Å². The Hall–Kier alpha value is -0.990. The van der Waals surface area contributed by atoms with E-state index in [0.717, 1.165) is 24.2 Å². The number of aliphatic hydroxyl groups is 1. The number of rotatable bonds is 4. The van der Waals surface area contributed by atoms with Gasteiger partial charge in [-0.1, -0.05) is 17.7 Å². The number of halogens is 1. The van der Waals surface area contributed by atoms with Crippen molar-refractivity contribution in [3.63, 3.8) is 0 Å². The molecular formula is C14H17ClO2. The predicted molar refractivity (Wildman–Crippen MR) is 69.5 cm³/mol. The highest BCUT2D eigenvalue weighted by molar-refractivity contribution is 6.30. The van der Waals surface area contributed by atoms with Crippen LogP contribution in [0.2, 0.25) is 5.02 Å². The minimum absolute atomic E-state index is 0.313. The van der Waals surface area contributed by atoms with Crippen molar-refractivity contribution in [2.75, 3.05) is 6.61 Å². The highest BCUT2D eigenvalue weighted by Crippen LogP contribution is 2.21. The van der Waals surface area contributed by atoms with Crippen LogP contribution >= 0.6 is 11.6 Å². The maximum absolute atomic E-state index is 9.97. The standard InChI is InChI=1S/C14H17ClO2/c15-12-6-8-13(9-7-12)17-10-14(16)11-4-2-1-3-5-11/h4,6-9,14,16H,1-3,5,10H2. The lowest BCUT2D eigenvalue weighted by Gasteiger charge is -2.19. The Bertz CT molecular complexity index is 384. The predicted octanol–water partition coefficient (Wildman–Crippen LogP) is 3.58. The highest BCUT2D eigenvalue weighted by atomic mass is 35.5. The summed E-state index contributed by atoms with van der Waals surface area (Å²) in [5.41, 5.74) is 1.12. The number of benzene rings is 1. The third-order valence-corrected chi connectivity index (χ3v) is 3.23. The molecule has 0 spiro atoms. The summed E-state index contributed by atoms with van der Waals surface area (Å²) in [6.45, 7) is 0.313. The zero-order valence-electron chi connectivity index (χ0n) is 9.73. The van der Waals surface area contributed by atoms with Gasteiger partial charge in [-0.3, -0.25) is 0 Å². The molecule has 2 nitrogen and oxygen atoms in total. The van der Waals surface area contributed by atoms with Crippen LogP contribution in [0.4, 0.5) is 0 Å². The van der Waals surface area contributed by atoms with E-state index >= 15 is 0 Å². The minimum atomic E-state index is -0.481. The molecule has 1 aromatic rings. The molecule has 1 N–H and O–H groups in total. The SMILES string of the molecule is OC(COc1ccc(Cl)cc1)C1=CCCCC1. The molecule has 0 aliphatic heterocycles. The molecule has 1 aliphatic rings. The molecule has 0 heterocycles. The van der Waals surface area contributed by atoms with Crippen molar-refractivity contribution in [2.45, 2.75) is 31.8 Å². The van der Waals surface area contributed by atoms with Gasteiger partial charge in [0.25, 0.3) is 0 Å². The molecule has 1 atom stereocenters. The maximum Gasteiger partial charge on any atom is 0.119 e. The molecule has 0 radical (unpaired) electrons. The van der Waals surface area contributed by atoms with Crippen LogP contribution in [0.25, 0.3) is 0 Å². The van der Waals surface area contributed by atoms with E-state index in [1.54, 1.807) is 12.1 Å². The molecule has 92 valence electrons. The summed E-state index contributed by atoms with van der Waals surface area (Å²) in [6.07, 6.45) is 6.13. The second-order valence-electron chi connectivity index (χ2n) is 4.31. The fourth-order valence-electron chi connectivity index (χ4n) is 1.98. The van der Waals surface area contributed by atoms with Crippen LogP contribution < -0.4 is 4.74 Å². The van der Waals surface area contributed by atoms with Crippen molar-refractivity contribution in [1.29, 1.82) is 0 Å².